The summed E-state index contributed by atoms with van der Waals surface area (Å²) in [6.07, 6.45) is 0.674. The molecule has 2 rings (SSSR count). The van der Waals surface area contributed by atoms with Crippen LogP contribution in [-0.4, -0.2) is 23.6 Å². The molecule has 4 nitrogen and oxygen atoms in total. The van der Waals surface area contributed by atoms with Gasteiger partial charge in [0.2, 0.25) is 0 Å². The van der Waals surface area contributed by atoms with Crippen LogP contribution in [0.3, 0.4) is 0 Å². The molecule has 88 valence electrons. The van der Waals surface area contributed by atoms with Gasteiger partial charge >= 0.3 is 0 Å². The molecule has 1 fully saturated rings. The number of benzene rings is 1. The molecule has 16 heavy (non-hydrogen) atoms. The largest absolute Gasteiger partial charge is 0.320 e. The molecular weight excluding hydrogens is 228 g/mol. The van der Waals surface area contributed by atoms with Crippen molar-refractivity contribution in [3.05, 3.63) is 35.9 Å². The van der Waals surface area contributed by atoms with E-state index in [0.717, 1.165) is 5.56 Å². The molecule has 0 aliphatic carbocycles. The lowest BCUT2D eigenvalue weighted by Crippen LogP contribution is -2.33. The molecule has 1 amide bonds. The molecule has 1 atom stereocenters. The zero-order chi connectivity index (χ0) is 10.7. The Labute approximate surface area is 101 Å². The first kappa shape index (κ1) is 13.0. The van der Waals surface area contributed by atoms with Crippen molar-refractivity contribution in [1.29, 1.82) is 0 Å². The molecular formula is C11H15ClN2O2. The van der Waals surface area contributed by atoms with Gasteiger partial charge < -0.3 is 5.73 Å². The molecule has 1 heterocycles. The maximum Gasteiger partial charge on any atom is 0.263 e. The Morgan fingerprint density at radius 2 is 2.06 bits per heavy atom. The molecule has 0 aromatic heterocycles. The molecule has 1 aliphatic rings. The van der Waals surface area contributed by atoms with Crippen molar-refractivity contribution in [2.75, 3.05) is 6.54 Å². The van der Waals surface area contributed by atoms with Crippen molar-refractivity contribution in [3.63, 3.8) is 0 Å². The summed E-state index contributed by atoms with van der Waals surface area (Å²) in [4.78, 5) is 16.8. The Morgan fingerprint density at radius 1 is 1.38 bits per heavy atom. The van der Waals surface area contributed by atoms with E-state index in [2.05, 4.69) is 0 Å². The lowest BCUT2D eigenvalue weighted by Gasteiger charge is -2.15. The Morgan fingerprint density at radius 3 is 2.62 bits per heavy atom. The number of carbonyl (C=O) groups excluding carboxylic acids is 1. The monoisotopic (exact) mass is 242 g/mol. The van der Waals surface area contributed by atoms with Gasteiger partial charge in [0.1, 0.15) is 6.61 Å². The molecule has 0 spiro atoms. The summed E-state index contributed by atoms with van der Waals surface area (Å²) < 4.78 is 0. The van der Waals surface area contributed by atoms with E-state index in [1.165, 1.54) is 5.06 Å². The Kier molecular flexibility index (Phi) is 4.73. The topological polar surface area (TPSA) is 55.6 Å². The van der Waals surface area contributed by atoms with Crippen molar-refractivity contribution in [2.45, 2.75) is 19.1 Å². The first-order valence-electron chi connectivity index (χ1n) is 5.01. The fourth-order valence-electron chi connectivity index (χ4n) is 1.53. The molecule has 0 saturated carbocycles. The molecule has 1 aliphatic heterocycles. The van der Waals surface area contributed by atoms with Crippen LogP contribution in [0, 0.1) is 0 Å². The van der Waals surface area contributed by atoms with Crippen LogP contribution in [0.2, 0.25) is 0 Å². The van der Waals surface area contributed by atoms with E-state index in [0.29, 0.717) is 19.6 Å². The summed E-state index contributed by atoms with van der Waals surface area (Å²) in [5.41, 5.74) is 6.61. The Balaban J connectivity index is 0.00000128. The fourth-order valence-corrected chi connectivity index (χ4v) is 1.53. The van der Waals surface area contributed by atoms with Gasteiger partial charge in [0.15, 0.2) is 0 Å². The Bertz CT molecular complexity index is 345. The van der Waals surface area contributed by atoms with Gasteiger partial charge in [0, 0.05) is 0 Å². The van der Waals surface area contributed by atoms with Crippen molar-refractivity contribution in [3.8, 4) is 0 Å². The second kappa shape index (κ2) is 5.84. The van der Waals surface area contributed by atoms with E-state index >= 15 is 0 Å². The van der Waals surface area contributed by atoms with E-state index in [1.807, 2.05) is 30.3 Å². The molecule has 0 radical (unpaired) electrons. The predicted molar refractivity (Wildman–Crippen MR) is 62.8 cm³/mol. The fraction of sp³-hybridized carbons (Fsp3) is 0.364. The van der Waals surface area contributed by atoms with Gasteiger partial charge in [-0.15, -0.1) is 12.4 Å². The second-order valence-corrected chi connectivity index (χ2v) is 3.59. The van der Waals surface area contributed by atoms with E-state index in [1.54, 1.807) is 0 Å². The van der Waals surface area contributed by atoms with Crippen LogP contribution in [0.5, 0.6) is 0 Å². The van der Waals surface area contributed by atoms with Gasteiger partial charge in [-0.1, -0.05) is 30.3 Å². The zero-order valence-electron chi connectivity index (χ0n) is 8.83. The second-order valence-electron chi connectivity index (χ2n) is 3.59. The molecule has 1 aromatic rings. The van der Waals surface area contributed by atoms with Crippen LogP contribution in [0.25, 0.3) is 0 Å². The van der Waals surface area contributed by atoms with Crippen LogP contribution in [-0.2, 0) is 16.2 Å². The number of nitrogens with two attached hydrogens (primary N) is 1. The molecule has 0 bridgehead atoms. The summed E-state index contributed by atoms with van der Waals surface area (Å²) in [5.74, 6) is -0.120. The Hall–Kier alpha value is -1.10. The average molecular weight is 243 g/mol. The van der Waals surface area contributed by atoms with Gasteiger partial charge in [0.25, 0.3) is 5.91 Å². The number of nitrogens with zero attached hydrogens (tertiary/aromatic N) is 1. The van der Waals surface area contributed by atoms with E-state index in [9.17, 15) is 4.79 Å². The van der Waals surface area contributed by atoms with Gasteiger partial charge in [-0.05, 0) is 12.0 Å². The molecule has 1 aromatic carbocycles. The normalized spacial score (nSPS) is 19.7. The third kappa shape index (κ3) is 2.95. The summed E-state index contributed by atoms with van der Waals surface area (Å²) in [6, 6.07) is 9.36. The number of halogens is 1. The first-order valence-corrected chi connectivity index (χ1v) is 5.01. The van der Waals surface area contributed by atoms with E-state index in [-0.39, 0.29) is 24.4 Å². The van der Waals surface area contributed by atoms with E-state index < -0.39 is 0 Å². The smallest absolute Gasteiger partial charge is 0.263 e. The highest BCUT2D eigenvalue weighted by Crippen LogP contribution is 2.11. The summed E-state index contributed by atoms with van der Waals surface area (Å²) in [7, 11) is 0. The maximum absolute atomic E-state index is 11.4. The zero-order valence-corrected chi connectivity index (χ0v) is 9.65. The third-order valence-electron chi connectivity index (χ3n) is 2.44. The maximum atomic E-state index is 11.4. The third-order valence-corrected chi connectivity index (χ3v) is 2.44. The number of amides is 1. The van der Waals surface area contributed by atoms with Crippen LogP contribution in [0.4, 0.5) is 0 Å². The van der Waals surface area contributed by atoms with Gasteiger partial charge in [-0.3, -0.25) is 9.63 Å². The summed E-state index contributed by atoms with van der Waals surface area (Å²) >= 11 is 0. The van der Waals surface area contributed by atoms with Crippen LogP contribution in [0.1, 0.15) is 12.0 Å². The highest BCUT2D eigenvalue weighted by molar-refractivity contribution is 5.85. The molecule has 2 N–H and O–H groups in total. The van der Waals surface area contributed by atoms with Crippen molar-refractivity contribution in [2.24, 2.45) is 5.73 Å². The van der Waals surface area contributed by atoms with Gasteiger partial charge in [0.05, 0.1) is 12.6 Å². The number of hydrogen-bond acceptors (Lipinski definition) is 3. The lowest BCUT2D eigenvalue weighted by atomic mass is 10.2. The standard InChI is InChI=1S/C11H14N2O2.ClH/c12-10-6-7-13(11(10)14)15-8-9-4-2-1-3-5-9;/h1-5,10H,6-8,12H2;1H. The highest BCUT2D eigenvalue weighted by atomic mass is 35.5. The quantitative estimate of drug-likeness (QED) is 0.864. The highest BCUT2D eigenvalue weighted by Gasteiger charge is 2.29. The van der Waals surface area contributed by atoms with Crippen LogP contribution < -0.4 is 5.73 Å². The summed E-state index contributed by atoms with van der Waals surface area (Å²) in [6.45, 7) is 1.01. The predicted octanol–water partition coefficient (Wildman–Crippen LogP) is 1.10. The van der Waals surface area contributed by atoms with Crippen molar-refractivity contribution >= 4 is 18.3 Å². The first-order chi connectivity index (χ1) is 7.27. The summed E-state index contributed by atoms with van der Waals surface area (Å²) in [5, 5.41) is 1.36. The van der Waals surface area contributed by atoms with Crippen molar-refractivity contribution in [1.82, 2.24) is 5.06 Å². The number of hydroxylamine groups is 2. The molecule has 1 unspecified atom stereocenters. The number of rotatable bonds is 3. The van der Waals surface area contributed by atoms with Gasteiger partial charge in [-0.2, -0.15) is 0 Å². The SMILES string of the molecule is Cl.NC1CCN(OCc2ccccc2)C1=O. The number of hydrogen-bond donors (Lipinski definition) is 1. The molecule has 1 saturated heterocycles. The average Bonchev–Trinajstić information content (AvgIpc) is 2.59. The van der Waals surface area contributed by atoms with Gasteiger partial charge in [-0.25, -0.2) is 5.06 Å². The number of carbonyl (C=O) groups is 1. The minimum absolute atomic E-state index is 0. The van der Waals surface area contributed by atoms with Crippen LogP contribution >= 0.6 is 12.4 Å². The minimum atomic E-state index is -0.388. The van der Waals surface area contributed by atoms with Crippen LogP contribution in [0.15, 0.2) is 30.3 Å². The minimum Gasteiger partial charge on any atom is -0.320 e. The van der Waals surface area contributed by atoms with E-state index in [4.69, 9.17) is 10.6 Å². The van der Waals surface area contributed by atoms with Crippen molar-refractivity contribution < 1.29 is 9.63 Å². The lowest BCUT2D eigenvalue weighted by molar-refractivity contribution is -0.182. The molecule has 5 heteroatoms.